The van der Waals surface area contributed by atoms with E-state index in [1.54, 1.807) is 6.92 Å². The lowest BCUT2D eigenvalue weighted by Crippen LogP contribution is -2.24. The minimum absolute atomic E-state index is 0.00630. The molecule has 0 fully saturated rings. The molecule has 0 atom stereocenters. The summed E-state index contributed by atoms with van der Waals surface area (Å²) in [7, 11) is -3.72. The first-order valence-electron chi connectivity index (χ1n) is 8.03. The molecule has 2 aromatic rings. The SMILES string of the molecule is CCNS(=O)(=O)c1cccc(C(=O)OCC(=O)Nc2ccc(C#N)c(Cl)c2)c1. The molecule has 10 heteroatoms. The normalized spacial score (nSPS) is 10.8. The topological polar surface area (TPSA) is 125 Å². The van der Waals surface area contributed by atoms with E-state index in [0.717, 1.165) is 0 Å². The van der Waals surface area contributed by atoms with Crippen molar-refractivity contribution in [3.05, 3.63) is 58.6 Å². The van der Waals surface area contributed by atoms with Crippen molar-refractivity contribution < 1.29 is 22.7 Å². The highest BCUT2D eigenvalue weighted by Crippen LogP contribution is 2.20. The van der Waals surface area contributed by atoms with Crippen LogP contribution in [-0.4, -0.2) is 33.4 Å². The van der Waals surface area contributed by atoms with Gasteiger partial charge in [0.2, 0.25) is 10.0 Å². The molecule has 0 radical (unpaired) electrons. The second kappa shape index (κ2) is 9.32. The Kier molecular flexibility index (Phi) is 7.12. The smallest absolute Gasteiger partial charge is 0.338 e. The number of carbonyl (C=O) groups excluding carboxylic acids is 2. The van der Waals surface area contributed by atoms with Crippen LogP contribution in [0.5, 0.6) is 0 Å². The number of esters is 1. The molecule has 2 rings (SSSR count). The zero-order valence-corrected chi connectivity index (χ0v) is 16.3. The average molecular weight is 422 g/mol. The molecule has 0 saturated heterocycles. The van der Waals surface area contributed by atoms with Crippen molar-refractivity contribution in [2.75, 3.05) is 18.5 Å². The molecule has 8 nitrogen and oxygen atoms in total. The molecule has 0 saturated carbocycles. The number of nitriles is 1. The summed E-state index contributed by atoms with van der Waals surface area (Å²) in [5, 5.41) is 11.5. The van der Waals surface area contributed by atoms with E-state index in [0.29, 0.717) is 5.69 Å². The Morgan fingerprint density at radius 2 is 1.96 bits per heavy atom. The van der Waals surface area contributed by atoms with Gasteiger partial charge in [0.05, 0.1) is 21.0 Å². The van der Waals surface area contributed by atoms with E-state index in [4.69, 9.17) is 21.6 Å². The first-order chi connectivity index (χ1) is 13.3. The molecular weight excluding hydrogens is 406 g/mol. The number of halogens is 1. The second-order valence-electron chi connectivity index (χ2n) is 5.46. The van der Waals surface area contributed by atoms with Gasteiger partial charge in [-0.2, -0.15) is 5.26 Å². The summed E-state index contributed by atoms with van der Waals surface area (Å²) >= 11 is 5.88. The quantitative estimate of drug-likeness (QED) is 0.661. The fourth-order valence-corrected chi connectivity index (χ4v) is 3.47. The van der Waals surface area contributed by atoms with Crippen LogP contribution in [-0.2, 0) is 19.6 Å². The van der Waals surface area contributed by atoms with E-state index in [-0.39, 0.29) is 27.6 Å². The first-order valence-corrected chi connectivity index (χ1v) is 9.89. The van der Waals surface area contributed by atoms with Crippen LogP contribution in [0.1, 0.15) is 22.8 Å². The van der Waals surface area contributed by atoms with Crippen LogP contribution in [0.2, 0.25) is 5.02 Å². The fourth-order valence-electron chi connectivity index (χ4n) is 2.16. The van der Waals surface area contributed by atoms with Gasteiger partial charge >= 0.3 is 5.97 Å². The summed E-state index contributed by atoms with van der Waals surface area (Å²) in [5.74, 6) is -1.47. The average Bonchev–Trinajstić information content (AvgIpc) is 2.66. The van der Waals surface area contributed by atoms with Gasteiger partial charge in [-0.25, -0.2) is 17.9 Å². The fraction of sp³-hybridized carbons (Fsp3) is 0.167. The third-order valence-electron chi connectivity index (χ3n) is 3.42. The Balaban J connectivity index is 1.99. The lowest BCUT2D eigenvalue weighted by atomic mass is 10.2. The van der Waals surface area contributed by atoms with Crippen molar-refractivity contribution in [1.29, 1.82) is 5.26 Å². The summed E-state index contributed by atoms with van der Waals surface area (Å²) in [4.78, 5) is 23.9. The summed E-state index contributed by atoms with van der Waals surface area (Å²) in [6.07, 6.45) is 0. The van der Waals surface area contributed by atoms with E-state index in [1.807, 2.05) is 6.07 Å². The Labute approximate surface area is 167 Å². The Bertz CT molecular complexity index is 1050. The highest BCUT2D eigenvalue weighted by Gasteiger charge is 2.17. The van der Waals surface area contributed by atoms with Crippen LogP contribution >= 0.6 is 11.6 Å². The molecule has 0 aliphatic carbocycles. The number of hydrogen-bond donors (Lipinski definition) is 2. The van der Waals surface area contributed by atoms with Crippen molar-refractivity contribution in [3.8, 4) is 6.07 Å². The molecular formula is C18H16ClN3O5S. The van der Waals surface area contributed by atoms with Crippen LogP contribution in [0.25, 0.3) is 0 Å². The Morgan fingerprint density at radius 3 is 2.61 bits per heavy atom. The summed E-state index contributed by atoms with van der Waals surface area (Å²) in [5.41, 5.74) is 0.593. The number of benzene rings is 2. The van der Waals surface area contributed by atoms with Crippen molar-refractivity contribution in [2.24, 2.45) is 0 Å². The van der Waals surface area contributed by atoms with Crippen molar-refractivity contribution in [2.45, 2.75) is 11.8 Å². The number of carbonyl (C=O) groups is 2. The highest BCUT2D eigenvalue weighted by molar-refractivity contribution is 7.89. The van der Waals surface area contributed by atoms with Crippen molar-refractivity contribution in [1.82, 2.24) is 4.72 Å². The minimum Gasteiger partial charge on any atom is -0.452 e. The maximum Gasteiger partial charge on any atom is 0.338 e. The molecule has 0 bridgehead atoms. The third kappa shape index (κ3) is 5.53. The lowest BCUT2D eigenvalue weighted by Gasteiger charge is -2.09. The number of nitrogens with zero attached hydrogens (tertiary/aromatic N) is 1. The molecule has 28 heavy (non-hydrogen) atoms. The molecule has 0 aliphatic rings. The van der Waals surface area contributed by atoms with Gasteiger partial charge in [-0.3, -0.25) is 4.79 Å². The molecule has 0 unspecified atom stereocenters. The summed E-state index contributed by atoms with van der Waals surface area (Å²) in [6, 6.07) is 11.5. The number of nitrogens with one attached hydrogen (secondary N) is 2. The zero-order valence-electron chi connectivity index (χ0n) is 14.7. The highest BCUT2D eigenvalue weighted by atomic mass is 35.5. The standard InChI is InChI=1S/C18H16ClN3O5S/c1-2-21-28(25,26)15-5-3-4-12(8-15)18(24)27-11-17(23)22-14-7-6-13(10-20)16(19)9-14/h3-9,21H,2,11H2,1H3,(H,22,23). The second-order valence-corrected chi connectivity index (χ2v) is 7.63. The van der Waals surface area contributed by atoms with Gasteiger partial charge < -0.3 is 10.1 Å². The Morgan fingerprint density at radius 1 is 1.21 bits per heavy atom. The van der Waals surface area contributed by atoms with Gasteiger partial charge in [-0.15, -0.1) is 0 Å². The number of sulfonamides is 1. The number of anilines is 1. The van der Waals surface area contributed by atoms with Crippen LogP contribution in [0.15, 0.2) is 47.4 Å². The van der Waals surface area contributed by atoms with Gasteiger partial charge in [0, 0.05) is 12.2 Å². The predicted molar refractivity (Wildman–Crippen MR) is 102 cm³/mol. The number of rotatable bonds is 7. The zero-order chi connectivity index (χ0) is 20.7. The van der Waals surface area contributed by atoms with E-state index in [2.05, 4.69) is 10.0 Å². The maximum absolute atomic E-state index is 12.1. The molecule has 0 aliphatic heterocycles. The van der Waals surface area contributed by atoms with Crippen molar-refractivity contribution >= 4 is 39.2 Å². The van der Waals surface area contributed by atoms with E-state index in [9.17, 15) is 18.0 Å². The molecule has 2 N–H and O–H groups in total. The first kappa shape index (κ1) is 21.4. The lowest BCUT2D eigenvalue weighted by molar-refractivity contribution is -0.119. The van der Waals surface area contributed by atoms with Crippen LogP contribution in [0.3, 0.4) is 0 Å². The number of amides is 1. The summed E-state index contributed by atoms with van der Waals surface area (Å²) in [6.45, 7) is 1.26. The van der Waals surface area contributed by atoms with Crippen LogP contribution in [0.4, 0.5) is 5.69 Å². The predicted octanol–water partition coefficient (Wildman–Crippen LogP) is 2.31. The monoisotopic (exact) mass is 421 g/mol. The van der Waals surface area contributed by atoms with Gasteiger partial charge in [-0.05, 0) is 36.4 Å². The molecule has 146 valence electrons. The van der Waals surface area contributed by atoms with E-state index in [1.165, 1.54) is 42.5 Å². The molecule has 0 heterocycles. The van der Waals surface area contributed by atoms with Gasteiger partial charge in [0.15, 0.2) is 6.61 Å². The third-order valence-corrected chi connectivity index (χ3v) is 5.28. The maximum atomic E-state index is 12.1. The van der Waals surface area contributed by atoms with Gasteiger partial charge in [0.25, 0.3) is 5.91 Å². The largest absolute Gasteiger partial charge is 0.452 e. The summed E-state index contributed by atoms with van der Waals surface area (Å²) < 4.78 is 31.2. The van der Waals surface area contributed by atoms with E-state index < -0.39 is 28.5 Å². The van der Waals surface area contributed by atoms with Gasteiger partial charge in [-0.1, -0.05) is 24.6 Å². The Hall–Kier alpha value is -2.93. The van der Waals surface area contributed by atoms with E-state index >= 15 is 0 Å². The van der Waals surface area contributed by atoms with Crippen molar-refractivity contribution in [3.63, 3.8) is 0 Å². The minimum atomic E-state index is -3.72. The number of hydrogen-bond acceptors (Lipinski definition) is 6. The van der Waals surface area contributed by atoms with Crippen LogP contribution in [0, 0.1) is 11.3 Å². The molecule has 0 spiro atoms. The molecule has 1 amide bonds. The van der Waals surface area contributed by atoms with Crippen LogP contribution < -0.4 is 10.0 Å². The number of ether oxygens (including phenoxy) is 1. The molecule has 0 aromatic heterocycles. The molecule has 2 aromatic carbocycles. The van der Waals surface area contributed by atoms with Gasteiger partial charge in [0.1, 0.15) is 6.07 Å².